The predicted octanol–water partition coefficient (Wildman–Crippen LogP) is 3.17. The van der Waals surface area contributed by atoms with E-state index in [-0.39, 0.29) is 18.2 Å². The number of aromatic nitrogens is 1. The number of thiazole rings is 1. The minimum Gasteiger partial charge on any atom is -0.326 e. The Bertz CT molecular complexity index is 712. The lowest BCUT2D eigenvalue weighted by atomic mass is 10.3. The van der Waals surface area contributed by atoms with Gasteiger partial charge in [0.2, 0.25) is 11.8 Å². The van der Waals surface area contributed by atoms with Crippen LogP contribution in [-0.2, 0) is 16.0 Å². The number of hydrogen-bond donors (Lipinski definition) is 1. The average Bonchev–Trinajstić information content (AvgIpc) is 3.16. The van der Waals surface area contributed by atoms with Crippen molar-refractivity contribution in [3.8, 4) is 0 Å². The summed E-state index contributed by atoms with van der Waals surface area (Å²) in [4.78, 5) is 31.1. The molecular weight excluding hydrogens is 330 g/mol. The molecule has 2 amide bonds. The lowest BCUT2D eigenvalue weighted by Gasteiger charge is -2.10. The fraction of sp³-hybridized carbons (Fsp3) is 0.312. The zero-order chi connectivity index (χ0) is 16.2. The molecule has 1 aromatic carbocycles. The molecule has 7 heteroatoms. The van der Waals surface area contributed by atoms with Gasteiger partial charge in [-0.3, -0.25) is 14.5 Å². The minimum absolute atomic E-state index is 0.105. The SMILES string of the molecule is CSc1ccc(NC(=O)Cc2csc(N3CCCC3=O)n2)cc1. The Hall–Kier alpha value is -1.86. The highest BCUT2D eigenvalue weighted by atomic mass is 32.2. The van der Waals surface area contributed by atoms with E-state index in [1.165, 1.54) is 11.3 Å². The van der Waals surface area contributed by atoms with Crippen LogP contribution >= 0.6 is 23.1 Å². The third-order valence-electron chi connectivity index (χ3n) is 3.56. The Morgan fingerprint density at radius 1 is 1.39 bits per heavy atom. The van der Waals surface area contributed by atoms with Crippen LogP contribution in [0, 0.1) is 0 Å². The second-order valence-electron chi connectivity index (χ2n) is 5.22. The molecule has 0 radical (unpaired) electrons. The van der Waals surface area contributed by atoms with Crippen molar-refractivity contribution >= 4 is 45.7 Å². The quantitative estimate of drug-likeness (QED) is 0.844. The van der Waals surface area contributed by atoms with Gasteiger partial charge >= 0.3 is 0 Å². The molecule has 1 fully saturated rings. The molecule has 120 valence electrons. The highest BCUT2D eigenvalue weighted by Gasteiger charge is 2.24. The molecule has 0 saturated carbocycles. The Morgan fingerprint density at radius 2 is 2.17 bits per heavy atom. The van der Waals surface area contributed by atoms with Gasteiger partial charge in [-0.05, 0) is 36.9 Å². The molecule has 0 bridgehead atoms. The van der Waals surface area contributed by atoms with Crippen molar-refractivity contribution in [2.24, 2.45) is 0 Å². The number of nitrogens with one attached hydrogen (secondary N) is 1. The highest BCUT2D eigenvalue weighted by molar-refractivity contribution is 7.98. The van der Waals surface area contributed by atoms with E-state index < -0.39 is 0 Å². The second-order valence-corrected chi connectivity index (χ2v) is 6.94. The number of thioether (sulfide) groups is 1. The van der Waals surface area contributed by atoms with Gasteiger partial charge in [0.15, 0.2) is 5.13 Å². The average molecular weight is 347 g/mol. The zero-order valence-electron chi connectivity index (χ0n) is 12.7. The minimum atomic E-state index is -0.105. The second kappa shape index (κ2) is 7.14. The smallest absolute Gasteiger partial charge is 0.230 e. The van der Waals surface area contributed by atoms with Crippen LogP contribution < -0.4 is 10.2 Å². The molecule has 0 spiro atoms. The Morgan fingerprint density at radius 3 is 2.83 bits per heavy atom. The zero-order valence-corrected chi connectivity index (χ0v) is 14.4. The number of rotatable bonds is 5. The van der Waals surface area contributed by atoms with Crippen LogP contribution in [0.15, 0.2) is 34.5 Å². The number of amides is 2. The molecule has 2 heterocycles. The maximum atomic E-state index is 12.1. The van der Waals surface area contributed by atoms with Crippen molar-refractivity contribution in [3.63, 3.8) is 0 Å². The summed E-state index contributed by atoms with van der Waals surface area (Å²) in [5.74, 6) is 0.00994. The molecule has 1 aromatic heterocycles. The highest BCUT2D eigenvalue weighted by Crippen LogP contribution is 2.25. The Balaban J connectivity index is 1.59. The lowest BCUT2D eigenvalue weighted by molar-refractivity contribution is -0.117. The lowest BCUT2D eigenvalue weighted by Crippen LogP contribution is -2.23. The van der Waals surface area contributed by atoms with E-state index >= 15 is 0 Å². The van der Waals surface area contributed by atoms with Crippen LogP contribution in [-0.4, -0.2) is 29.6 Å². The summed E-state index contributed by atoms with van der Waals surface area (Å²) in [6.07, 6.45) is 3.68. The number of benzene rings is 1. The van der Waals surface area contributed by atoms with Gasteiger partial charge in [0, 0.05) is 28.9 Å². The van der Waals surface area contributed by atoms with Gasteiger partial charge in [0.1, 0.15) is 0 Å². The first-order chi connectivity index (χ1) is 11.2. The molecule has 1 saturated heterocycles. The largest absolute Gasteiger partial charge is 0.326 e. The third-order valence-corrected chi connectivity index (χ3v) is 5.22. The van der Waals surface area contributed by atoms with Crippen molar-refractivity contribution < 1.29 is 9.59 Å². The van der Waals surface area contributed by atoms with Crippen molar-refractivity contribution in [2.45, 2.75) is 24.2 Å². The number of anilines is 2. The molecule has 3 rings (SSSR count). The molecule has 0 unspecified atom stereocenters. The van der Waals surface area contributed by atoms with Gasteiger partial charge in [-0.1, -0.05) is 0 Å². The van der Waals surface area contributed by atoms with Crippen LogP contribution in [0.5, 0.6) is 0 Å². The van der Waals surface area contributed by atoms with Crippen molar-refractivity contribution in [3.05, 3.63) is 35.3 Å². The molecule has 5 nitrogen and oxygen atoms in total. The topological polar surface area (TPSA) is 62.3 Å². The van der Waals surface area contributed by atoms with Crippen LogP contribution in [0.4, 0.5) is 10.8 Å². The fourth-order valence-electron chi connectivity index (χ4n) is 2.40. The molecule has 1 N–H and O–H groups in total. The van der Waals surface area contributed by atoms with Gasteiger partial charge in [0.05, 0.1) is 12.1 Å². The summed E-state index contributed by atoms with van der Waals surface area (Å²) < 4.78 is 0. The monoisotopic (exact) mass is 347 g/mol. The van der Waals surface area contributed by atoms with Crippen LogP contribution in [0.2, 0.25) is 0 Å². The van der Waals surface area contributed by atoms with E-state index in [2.05, 4.69) is 10.3 Å². The number of nitrogens with zero attached hydrogens (tertiary/aromatic N) is 2. The fourth-order valence-corrected chi connectivity index (χ4v) is 3.67. The van der Waals surface area contributed by atoms with Crippen LogP contribution in [0.1, 0.15) is 18.5 Å². The van der Waals surface area contributed by atoms with Crippen molar-refractivity contribution in [1.82, 2.24) is 4.98 Å². The summed E-state index contributed by atoms with van der Waals surface area (Å²) in [5, 5.41) is 5.40. The first-order valence-electron chi connectivity index (χ1n) is 7.34. The van der Waals surface area contributed by atoms with Gasteiger partial charge in [0.25, 0.3) is 0 Å². The summed E-state index contributed by atoms with van der Waals surface area (Å²) in [7, 11) is 0. The van der Waals surface area contributed by atoms with E-state index in [0.717, 1.165) is 23.5 Å². The summed E-state index contributed by atoms with van der Waals surface area (Å²) in [6.45, 7) is 0.722. The number of hydrogen-bond acceptors (Lipinski definition) is 5. The third kappa shape index (κ3) is 3.92. The summed E-state index contributed by atoms with van der Waals surface area (Å²) in [6, 6.07) is 7.72. The van der Waals surface area contributed by atoms with Crippen molar-refractivity contribution in [1.29, 1.82) is 0 Å². The summed E-state index contributed by atoms with van der Waals surface area (Å²) in [5.41, 5.74) is 1.47. The Kier molecular flexibility index (Phi) is 4.97. The van der Waals surface area contributed by atoms with E-state index in [4.69, 9.17) is 0 Å². The normalized spacial score (nSPS) is 14.3. The molecular formula is C16H17N3O2S2. The van der Waals surface area contributed by atoms with E-state index in [9.17, 15) is 9.59 Å². The molecule has 0 aliphatic carbocycles. The van der Waals surface area contributed by atoms with E-state index in [0.29, 0.717) is 17.2 Å². The van der Waals surface area contributed by atoms with Crippen LogP contribution in [0.3, 0.4) is 0 Å². The van der Waals surface area contributed by atoms with Crippen molar-refractivity contribution in [2.75, 3.05) is 23.0 Å². The van der Waals surface area contributed by atoms with Gasteiger partial charge in [-0.15, -0.1) is 23.1 Å². The van der Waals surface area contributed by atoms with Gasteiger partial charge < -0.3 is 5.32 Å². The first kappa shape index (κ1) is 16.0. The number of carbonyl (C=O) groups excluding carboxylic acids is 2. The van der Waals surface area contributed by atoms with E-state index in [1.807, 2.05) is 35.9 Å². The predicted molar refractivity (Wildman–Crippen MR) is 94.3 cm³/mol. The maximum absolute atomic E-state index is 12.1. The first-order valence-corrected chi connectivity index (χ1v) is 9.45. The Labute approximate surface area is 143 Å². The number of carbonyl (C=O) groups is 2. The standard InChI is InChI=1S/C16H17N3O2S2/c1-22-13-6-4-11(5-7-13)17-14(20)9-12-10-23-16(18-12)19-8-2-3-15(19)21/h4-7,10H,2-3,8-9H2,1H3,(H,17,20). The van der Waals surface area contributed by atoms with Crippen LogP contribution in [0.25, 0.3) is 0 Å². The molecule has 2 aromatic rings. The van der Waals surface area contributed by atoms with Gasteiger partial charge in [-0.25, -0.2) is 4.98 Å². The summed E-state index contributed by atoms with van der Waals surface area (Å²) >= 11 is 3.08. The van der Waals surface area contributed by atoms with Gasteiger partial charge in [-0.2, -0.15) is 0 Å². The maximum Gasteiger partial charge on any atom is 0.230 e. The van der Waals surface area contributed by atoms with E-state index in [1.54, 1.807) is 16.7 Å². The molecule has 1 aliphatic heterocycles. The molecule has 1 aliphatic rings. The molecule has 0 atom stereocenters. The molecule has 23 heavy (non-hydrogen) atoms.